The van der Waals surface area contributed by atoms with Gasteiger partial charge in [0, 0.05) is 24.3 Å². The second kappa shape index (κ2) is 4.47. The Kier molecular flexibility index (Phi) is 2.83. The molecule has 2 N–H and O–H groups in total. The van der Waals surface area contributed by atoms with Gasteiger partial charge in [-0.25, -0.2) is 0 Å². The molecule has 1 saturated heterocycles. The van der Waals surface area contributed by atoms with Crippen molar-refractivity contribution < 1.29 is 5.11 Å². The Labute approximate surface area is 121 Å². The summed E-state index contributed by atoms with van der Waals surface area (Å²) in [4.78, 5) is 2.53. The van der Waals surface area contributed by atoms with Gasteiger partial charge in [-0.2, -0.15) is 0 Å². The number of likely N-dealkylation sites (tertiary alicyclic amines) is 1. The number of β-amino-alcohol motifs (C(OH)–C–C–N with tert-alkyl or cyclic N) is 1. The van der Waals surface area contributed by atoms with E-state index in [1.165, 1.54) is 24.1 Å². The topological polar surface area (TPSA) is 35.5 Å². The zero-order valence-corrected chi connectivity index (χ0v) is 12.2. The minimum Gasteiger partial charge on any atom is -0.386 e. The molecule has 3 nitrogen and oxygen atoms in total. The molecule has 1 aromatic rings. The summed E-state index contributed by atoms with van der Waals surface area (Å²) in [7, 11) is 0. The van der Waals surface area contributed by atoms with Crippen molar-refractivity contribution in [2.24, 2.45) is 0 Å². The van der Waals surface area contributed by atoms with Crippen LogP contribution in [0.4, 0.5) is 5.69 Å². The predicted molar refractivity (Wildman–Crippen MR) is 80.9 cm³/mol. The minimum absolute atomic E-state index is 0.198. The molecule has 20 heavy (non-hydrogen) atoms. The lowest BCUT2D eigenvalue weighted by Gasteiger charge is -2.37. The van der Waals surface area contributed by atoms with Gasteiger partial charge >= 0.3 is 0 Å². The highest BCUT2D eigenvalue weighted by Gasteiger charge is 2.50. The van der Waals surface area contributed by atoms with E-state index >= 15 is 0 Å². The lowest BCUT2D eigenvalue weighted by atomic mass is 9.84. The molecule has 1 aliphatic carbocycles. The van der Waals surface area contributed by atoms with Crippen LogP contribution in [-0.4, -0.2) is 40.3 Å². The maximum absolute atomic E-state index is 11.2. The molecule has 3 atom stereocenters. The van der Waals surface area contributed by atoms with Crippen LogP contribution in [0.2, 0.25) is 0 Å². The molecule has 0 radical (unpaired) electrons. The van der Waals surface area contributed by atoms with Gasteiger partial charge in [0.2, 0.25) is 0 Å². The first-order valence-corrected chi connectivity index (χ1v) is 7.98. The molecule has 3 unspecified atom stereocenters. The van der Waals surface area contributed by atoms with Gasteiger partial charge in [-0.1, -0.05) is 18.2 Å². The van der Waals surface area contributed by atoms with Gasteiger partial charge in [-0.15, -0.1) is 0 Å². The second-order valence-electron chi connectivity index (χ2n) is 6.95. The molecule has 2 heterocycles. The van der Waals surface area contributed by atoms with Crippen molar-refractivity contribution in [3.8, 4) is 0 Å². The van der Waals surface area contributed by atoms with E-state index in [0.717, 1.165) is 31.8 Å². The fourth-order valence-corrected chi connectivity index (χ4v) is 4.15. The first-order valence-electron chi connectivity index (χ1n) is 7.98. The van der Waals surface area contributed by atoms with E-state index in [9.17, 15) is 5.11 Å². The maximum Gasteiger partial charge on any atom is 0.0988 e. The third-order valence-corrected chi connectivity index (χ3v) is 5.39. The molecule has 1 aromatic carbocycles. The number of hydrogen-bond donors (Lipinski definition) is 2. The van der Waals surface area contributed by atoms with Crippen LogP contribution in [0.15, 0.2) is 24.3 Å². The SMILES string of the molecule is CC1CC(O)(C2CCc3ccccc3N2)CN1C1CC1. The van der Waals surface area contributed by atoms with Gasteiger partial charge in [0.1, 0.15) is 0 Å². The van der Waals surface area contributed by atoms with Crippen LogP contribution in [0, 0.1) is 0 Å². The molecule has 2 fully saturated rings. The number of rotatable bonds is 2. The predicted octanol–water partition coefficient (Wildman–Crippen LogP) is 2.40. The van der Waals surface area contributed by atoms with Crippen molar-refractivity contribution in [3.63, 3.8) is 0 Å². The summed E-state index contributed by atoms with van der Waals surface area (Å²) in [5, 5.41) is 14.8. The molecule has 3 heteroatoms. The Balaban J connectivity index is 1.53. The Bertz CT molecular complexity index is 513. The van der Waals surface area contributed by atoms with Crippen LogP contribution in [0.3, 0.4) is 0 Å². The number of aliphatic hydroxyl groups is 1. The van der Waals surface area contributed by atoms with Crippen molar-refractivity contribution in [2.45, 2.75) is 62.8 Å². The van der Waals surface area contributed by atoms with E-state index in [2.05, 4.69) is 41.4 Å². The van der Waals surface area contributed by atoms with Crippen LogP contribution < -0.4 is 5.32 Å². The van der Waals surface area contributed by atoms with Crippen LogP contribution in [0.5, 0.6) is 0 Å². The molecule has 108 valence electrons. The maximum atomic E-state index is 11.2. The number of aryl methyl sites for hydroxylation is 1. The lowest BCUT2D eigenvalue weighted by molar-refractivity contribution is 0.0256. The standard InChI is InChI=1S/C17H24N2O/c1-12-10-17(20,11-19(12)14-7-8-14)16-9-6-13-4-2-3-5-15(13)18-16/h2-5,12,14,16,18,20H,6-11H2,1H3. The highest BCUT2D eigenvalue weighted by Crippen LogP contribution is 2.41. The first-order chi connectivity index (χ1) is 9.66. The molecular weight excluding hydrogens is 248 g/mol. The number of nitrogens with one attached hydrogen (secondary N) is 1. The van der Waals surface area contributed by atoms with E-state index in [1.54, 1.807) is 0 Å². The van der Waals surface area contributed by atoms with Crippen molar-refractivity contribution in [3.05, 3.63) is 29.8 Å². The Morgan fingerprint density at radius 2 is 2.05 bits per heavy atom. The van der Waals surface area contributed by atoms with Gasteiger partial charge in [-0.05, 0) is 50.7 Å². The van der Waals surface area contributed by atoms with E-state index in [-0.39, 0.29) is 6.04 Å². The summed E-state index contributed by atoms with van der Waals surface area (Å²) in [6.07, 6.45) is 5.67. The molecule has 0 amide bonds. The van der Waals surface area contributed by atoms with Gasteiger partial charge < -0.3 is 10.4 Å². The van der Waals surface area contributed by atoms with Gasteiger partial charge in [0.15, 0.2) is 0 Å². The molecule has 3 aliphatic rings. The zero-order valence-electron chi connectivity index (χ0n) is 12.2. The van der Waals surface area contributed by atoms with Crippen LogP contribution >= 0.6 is 0 Å². The van der Waals surface area contributed by atoms with Gasteiger partial charge in [-0.3, -0.25) is 4.90 Å². The summed E-state index contributed by atoms with van der Waals surface area (Å²) < 4.78 is 0. The fourth-order valence-electron chi connectivity index (χ4n) is 4.15. The normalized spacial score (nSPS) is 37.5. The summed E-state index contributed by atoms with van der Waals surface area (Å²) in [5.41, 5.74) is 2.04. The monoisotopic (exact) mass is 272 g/mol. The number of nitrogens with zero attached hydrogens (tertiary/aromatic N) is 1. The highest BCUT2D eigenvalue weighted by molar-refractivity contribution is 5.54. The summed E-state index contributed by atoms with van der Waals surface area (Å²) in [5.74, 6) is 0. The quantitative estimate of drug-likeness (QED) is 0.868. The van der Waals surface area contributed by atoms with Crippen molar-refractivity contribution in [1.82, 2.24) is 4.90 Å². The third-order valence-electron chi connectivity index (χ3n) is 5.39. The van der Waals surface area contributed by atoms with Crippen molar-refractivity contribution in [2.75, 3.05) is 11.9 Å². The summed E-state index contributed by atoms with van der Waals surface area (Å²) >= 11 is 0. The van der Waals surface area contributed by atoms with Crippen LogP contribution in [0.25, 0.3) is 0 Å². The van der Waals surface area contributed by atoms with Gasteiger partial charge in [0.25, 0.3) is 0 Å². The average Bonchev–Trinajstić information content (AvgIpc) is 3.24. The largest absolute Gasteiger partial charge is 0.386 e. The molecule has 4 rings (SSSR count). The smallest absolute Gasteiger partial charge is 0.0988 e. The summed E-state index contributed by atoms with van der Waals surface area (Å²) in [6.45, 7) is 3.12. The number of anilines is 1. The highest BCUT2D eigenvalue weighted by atomic mass is 16.3. The average molecular weight is 272 g/mol. The number of hydrogen-bond acceptors (Lipinski definition) is 3. The van der Waals surface area contributed by atoms with Crippen molar-refractivity contribution >= 4 is 5.69 Å². The summed E-state index contributed by atoms with van der Waals surface area (Å²) in [6, 6.07) is 9.97. The van der Waals surface area contributed by atoms with Crippen LogP contribution in [-0.2, 0) is 6.42 Å². The Hall–Kier alpha value is -1.06. The second-order valence-corrected chi connectivity index (χ2v) is 6.95. The molecule has 2 aliphatic heterocycles. The van der Waals surface area contributed by atoms with Crippen molar-refractivity contribution in [1.29, 1.82) is 0 Å². The molecule has 0 bridgehead atoms. The Morgan fingerprint density at radius 3 is 2.85 bits per heavy atom. The zero-order chi connectivity index (χ0) is 13.7. The number of benzene rings is 1. The minimum atomic E-state index is -0.560. The first kappa shape index (κ1) is 12.7. The molecule has 0 aromatic heterocycles. The molecule has 1 saturated carbocycles. The van der Waals surface area contributed by atoms with E-state index in [1.807, 2.05) is 0 Å². The lowest BCUT2D eigenvalue weighted by Crippen LogP contribution is -2.50. The molecule has 0 spiro atoms. The fraction of sp³-hybridized carbons (Fsp3) is 0.647. The third kappa shape index (κ3) is 2.04. The number of para-hydroxylation sites is 1. The van der Waals surface area contributed by atoms with Gasteiger partial charge in [0.05, 0.1) is 11.6 Å². The van der Waals surface area contributed by atoms with E-state index in [4.69, 9.17) is 0 Å². The van der Waals surface area contributed by atoms with E-state index in [0.29, 0.717) is 6.04 Å². The number of fused-ring (bicyclic) bond motifs is 1. The molecular formula is C17H24N2O. The van der Waals surface area contributed by atoms with Crippen LogP contribution in [0.1, 0.15) is 38.2 Å². The Morgan fingerprint density at radius 1 is 1.25 bits per heavy atom. The van der Waals surface area contributed by atoms with E-state index < -0.39 is 5.60 Å².